The van der Waals surface area contributed by atoms with Crippen LogP contribution >= 0.6 is 0 Å². The molecule has 6 heteroatoms. The minimum Gasteiger partial charge on any atom is -0.492 e. The van der Waals surface area contributed by atoms with E-state index in [1.165, 1.54) is 5.56 Å². The number of aliphatic hydroxyl groups is 1. The Labute approximate surface area is 182 Å². The number of rotatable bonds is 11. The number of benzene rings is 3. The summed E-state index contributed by atoms with van der Waals surface area (Å²) >= 11 is 0. The van der Waals surface area contributed by atoms with E-state index in [1.807, 2.05) is 77.6 Å². The van der Waals surface area contributed by atoms with Gasteiger partial charge in [0.1, 0.15) is 30.8 Å². The van der Waals surface area contributed by atoms with Crippen molar-refractivity contribution in [1.29, 1.82) is 0 Å². The largest absolute Gasteiger partial charge is 0.492 e. The molecule has 31 heavy (non-hydrogen) atoms. The molecule has 0 bridgehead atoms. The Kier molecular flexibility index (Phi) is 7.16. The quantitative estimate of drug-likeness (QED) is 0.366. The molecule has 0 saturated carbocycles. The van der Waals surface area contributed by atoms with Gasteiger partial charge in [0.2, 0.25) is 0 Å². The zero-order valence-corrected chi connectivity index (χ0v) is 17.4. The Balaban J connectivity index is 1.24. The fourth-order valence-corrected chi connectivity index (χ4v) is 3.31. The van der Waals surface area contributed by atoms with Crippen LogP contribution in [0, 0.1) is 0 Å². The smallest absolute Gasteiger partial charge is 0.130 e. The van der Waals surface area contributed by atoms with E-state index in [1.54, 1.807) is 0 Å². The van der Waals surface area contributed by atoms with Gasteiger partial charge in [-0.05, 0) is 29.8 Å². The molecule has 0 aliphatic heterocycles. The van der Waals surface area contributed by atoms with Gasteiger partial charge in [0.15, 0.2) is 0 Å². The number of hydrogen-bond donors (Lipinski definition) is 2. The van der Waals surface area contributed by atoms with Gasteiger partial charge in [-0.1, -0.05) is 54.6 Å². The average molecular weight is 418 g/mol. The van der Waals surface area contributed by atoms with Gasteiger partial charge in [0.05, 0.1) is 17.4 Å². The van der Waals surface area contributed by atoms with Gasteiger partial charge in [0.25, 0.3) is 0 Å². The summed E-state index contributed by atoms with van der Waals surface area (Å²) in [6, 6.07) is 25.7. The molecule has 2 N–H and O–H groups in total. The summed E-state index contributed by atoms with van der Waals surface area (Å²) in [7, 11) is 0. The lowest BCUT2D eigenvalue weighted by Gasteiger charge is -2.14. The van der Waals surface area contributed by atoms with Gasteiger partial charge in [0, 0.05) is 19.3 Å². The number of aliphatic hydroxyl groups excluding tert-OH is 1. The molecule has 4 rings (SSSR count). The lowest BCUT2D eigenvalue weighted by Crippen LogP contribution is -2.33. The Morgan fingerprint density at radius 2 is 1.68 bits per heavy atom. The van der Waals surface area contributed by atoms with Crippen LogP contribution in [-0.4, -0.2) is 47.3 Å². The van der Waals surface area contributed by atoms with Gasteiger partial charge in [-0.25, -0.2) is 0 Å². The predicted octanol–water partition coefficient (Wildman–Crippen LogP) is 3.49. The van der Waals surface area contributed by atoms with Crippen molar-refractivity contribution in [3.05, 3.63) is 90.6 Å². The van der Waals surface area contributed by atoms with Crippen LogP contribution in [0.15, 0.2) is 85.1 Å². The maximum Gasteiger partial charge on any atom is 0.130 e. The molecule has 0 aliphatic rings. The zero-order valence-electron chi connectivity index (χ0n) is 17.4. The summed E-state index contributed by atoms with van der Waals surface area (Å²) in [5.41, 5.74) is 2.06. The first-order valence-electron chi connectivity index (χ1n) is 10.5. The van der Waals surface area contributed by atoms with Crippen LogP contribution in [-0.2, 0) is 6.54 Å². The number of hydrogen-bond acceptors (Lipinski definition) is 5. The molecule has 0 aliphatic carbocycles. The highest BCUT2D eigenvalue weighted by molar-refractivity contribution is 5.84. The number of ether oxygens (including phenoxy) is 2. The predicted molar refractivity (Wildman–Crippen MR) is 122 cm³/mol. The molecule has 0 spiro atoms. The van der Waals surface area contributed by atoms with E-state index < -0.39 is 6.10 Å². The molecule has 3 aromatic carbocycles. The second-order valence-corrected chi connectivity index (χ2v) is 7.33. The Bertz CT molecular complexity index is 1070. The minimum atomic E-state index is -0.619. The topological polar surface area (TPSA) is 68.5 Å². The number of nitrogens with one attached hydrogen (secondary N) is 1. The molecule has 6 nitrogen and oxygen atoms in total. The van der Waals surface area contributed by atoms with Crippen molar-refractivity contribution in [2.75, 3.05) is 26.3 Å². The first-order valence-corrected chi connectivity index (χ1v) is 10.5. The van der Waals surface area contributed by atoms with Crippen LogP contribution in [0.3, 0.4) is 0 Å². The van der Waals surface area contributed by atoms with E-state index in [0.29, 0.717) is 26.2 Å². The standard InChI is InChI=1S/C25H27N3O3/c29-21(16-26-14-15-30-22-10-5-2-6-11-22)19-31-25-13-7-12-24-23(25)18-28(27-24)17-20-8-3-1-4-9-20/h1-13,18,21,26,29H,14-17,19H2. The summed E-state index contributed by atoms with van der Waals surface area (Å²) in [6.45, 7) is 2.52. The van der Waals surface area contributed by atoms with E-state index in [4.69, 9.17) is 9.47 Å². The average Bonchev–Trinajstić information content (AvgIpc) is 3.22. The third-order valence-corrected chi connectivity index (χ3v) is 4.85. The molecule has 1 heterocycles. The summed E-state index contributed by atoms with van der Waals surface area (Å²) in [5, 5.41) is 19.0. The van der Waals surface area contributed by atoms with Crippen LogP contribution in [0.25, 0.3) is 10.9 Å². The molecule has 0 radical (unpaired) electrons. The summed E-state index contributed by atoms with van der Waals surface area (Å²) in [5.74, 6) is 1.57. The Morgan fingerprint density at radius 3 is 2.48 bits per heavy atom. The van der Waals surface area contributed by atoms with Crippen molar-refractivity contribution in [2.24, 2.45) is 0 Å². The number of nitrogens with zero attached hydrogens (tertiary/aromatic N) is 2. The first kappa shape index (κ1) is 20.9. The maximum absolute atomic E-state index is 10.2. The van der Waals surface area contributed by atoms with Gasteiger partial charge < -0.3 is 19.9 Å². The van der Waals surface area contributed by atoms with Crippen LogP contribution in [0.2, 0.25) is 0 Å². The third kappa shape index (κ3) is 6.07. The highest BCUT2D eigenvalue weighted by Gasteiger charge is 2.10. The SMILES string of the molecule is OC(CNCCOc1ccccc1)COc1cccc2nn(Cc3ccccc3)cc12. The van der Waals surface area contributed by atoms with Gasteiger partial charge in [-0.3, -0.25) is 4.68 Å². The van der Waals surface area contributed by atoms with Crippen molar-refractivity contribution in [1.82, 2.24) is 15.1 Å². The van der Waals surface area contributed by atoms with E-state index in [0.717, 1.165) is 22.4 Å². The Morgan fingerprint density at radius 1 is 0.903 bits per heavy atom. The van der Waals surface area contributed by atoms with Gasteiger partial charge in [-0.15, -0.1) is 0 Å². The van der Waals surface area contributed by atoms with E-state index in [2.05, 4.69) is 22.5 Å². The van der Waals surface area contributed by atoms with Gasteiger partial charge >= 0.3 is 0 Å². The van der Waals surface area contributed by atoms with Gasteiger partial charge in [-0.2, -0.15) is 5.10 Å². The summed E-state index contributed by atoms with van der Waals surface area (Å²) in [6.07, 6.45) is 1.37. The summed E-state index contributed by atoms with van der Waals surface area (Å²) in [4.78, 5) is 0. The molecule has 1 unspecified atom stereocenters. The van der Waals surface area contributed by atoms with Crippen molar-refractivity contribution >= 4 is 10.9 Å². The second kappa shape index (κ2) is 10.6. The van der Waals surface area contributed by atoms with Crippen molar-refractivity contribution in [3.8, 4) is 11.5 Å². The first-order chi connectivity index (χ1) is 15.3. The number of para-hydroxylation sites is 1. The van der Waals surface area contributed by atoms with Crippen LogP contribution in [0.4, 0.5) is 0 Å². The third-order valence-electron chi connectivity index (χ3n) is 4.85. The molecular weight excluding hydrogens is 390 g/mol. The van der Waals surface area contributed by atoms with E-state index >= 15 is 0 Å². The molecule has 0 saturated heterocycles. The highest BCUT2D eigenvalue weighted by atomic mass is 16.5. The summed E-state index contributed by atoms with van der Waals surface area (Å²) < 4.78 is 13.4. The molecule has 160 valence electrons. The van der Waals surface area contributed by atoms with Crippen LogP contribution in [0.1, 0.15) is 5.56 Å². The monoisotopic (exact) mass is 417 g/mol. The molecule has 4 aromatic rings. The van der Waals surface area contributed by atoms with E-state index in [9.17, 15) is 5.11 Å². The second-order valence-electron chi connectivity index (χ2n) is 7.33. The fourth-order valence-electron chi connectivity index (χ4n) is 3.31. The molecule has 0 fully saturated rings. The highest BCUT2D eigenvalue weighted by Crippen LogP contribution is 2.25. The van der Waals surface area contributed by atoms with Crippen LogP contribution in [0.5, 0.6) is 11.5 Å². The fraction of sp³-hybridized carbons (Fsp3) is 0.240. The molecule has 1 atom stereocenters. The molecule has 0 amide bonds. The van der Waals surface area contributed by atoms with E-state index in [-0.39, 0.29) is 6.61 Å². The molecule has 1 aromatic heterocycles. The maximum atomic E-state index is 10.2. The van der Waals surface area contributed by atoms with Crippen molar-refractivity contribution in [2.45, 2.75) is 12.6 Å². The molecular formula is C25H27N3O3. The lowest BCUT2D eigenvalue weighted by atomic mass is 10.2. The lowest BCUT2D eigenvalue weighted by molar-refractivity contribution is 0.106. The van der Waals surface area contributed by atoms with Crippen molar-refractivity contribution < 1.29 is 14.6 Å². The Hall–Kier alpha value is -3.35. The number of fused-ring (bicyclic) bond motifs is 1. The normalized spacial score (nSPS) is 12.0. The van der Waals surface area contributed by atoms with Crippen molar-refractivity contribution in [3.63, 3.8) is 0 Å². The van der Waals surface area contributed by atoms with Crippen LogP contribution < -0.4 is 14.8 Å². The number of aromatic nitrogens is 2. The zero-order chi connectivity index (χ0) is 21.3. The minimum absolute atomic E-state index is 0.204.